The first-order chi connectivity index (χ1) is 14.5. The minimum absolute atomic E-state index is 0.0247. The number of aryl methyl sites for hydroxylation is 2. The Morgan fingerprint density at radius 2 is 1.57 bits per heavy atom. The van der Waals surface area contributed by atoms with Gasteiger partial charge in [0.15, 0.2) is 6.54 Å². The lowest BCUT2D eigenvalue weighted by Gasteiger charge is -2.32. The number of piperazine rings is 1. The summed E-state index contributed by atoms with van der Waals surface area (Å²) >= 11 is 0. The lowest BCUT2D eigenvalue weighted by atomic mass is 10.1. The molecule has 0 radical (unpaired) electrons. The van der Waals surface area contributed by atoms with Crippen LogP contribution in [0.1, 0.15) is 21.5 Å². The molecular weight excluding hydrogens is 374 g/mol. The smallest absolute Gasteiger partial charge is 0.279 e. The van der Waals surface area contributed by atoms with Crippen molar-refractivity contribution in [1.82, 2.24) is 4.90 Å². The Bertz CT molecular complexity index is 1060. The molecule has 3 aromatic rings. The van der Waals surface area contributed by atoms with Crippen LogP contribution in [-0.2, 0) is 4.79 Å². The molecule has 0 aromatic heterocycles. The molecule has 4 rings (SSSR count). The number of carbonyl (C=O) groups is 2. The van der Waals surface area contributed by atoms with Gasteiger partial charge in [-0.15, -0.1) is 0 Å². The van der Waals surface area contributed by atoms with Gasteiger partial charge < -0.3 is 15.1 Å². The predicted octanol–water partition coefficient (Wildman–Crippen LogP) is 2.44. The summed E-state index contributed by atoms with van der Waals surface area (Å²) in [7, 11) is 0. The second kappa shape index (κ2) is 8.67. The Hall–Kier alpha value is -3.18. The third-order valence-corrected chi connectivity index (χ3v) is 5.91. The van der Waals surface area contributed by atoms with E-state index in [9.17, 15) is 9.59 Å². The first kappa shape index (κ1) is 20.1. The number of fused-ring (bicyclic) bond motifs is 1. The van der Waals surface area contributed by atoms with E-state index < -0.39 is 0 Å². The monoisotopic (exact) mass is 402 g/mol. The van der Waals surface area contributed by atoms with Gasteiger partial charge in [0.2, 0.25) is 0 Å². The number of quaternary nitrogens is 1. The highest BCUT2D eigenvalue weighted by Crippen LogP contribution is 2.19. The molecule has 154 valence electrons. The van der Waals surface area contributed by atoms with Crippen LogP contribution in [0.2, 0.25) is 0 Å². The Labute approximate surface area is 177 Å². The van der Waals surface area contributed by atoms with Crippen LogP contribution in [0.15, 0.2) is 60.7 Å². The molecule has 1 aliphatic rings. The normalized spacial score (nSPS) is 14.7. The summed E-state index contributed by atoms with van der Waals surface area (Å²) in [5.74, 6) is 0.0940. The fourth-order valence-corrected chi connectivity index (χ4v) is 4.13. The Morgan fingerprint density at radius 3 is 2.27 bits per heavy atom. The zero-order chi connectivity index (χ0) is 21.1. The van der Waals surface area contributed by atoms with E-state index in [-0.39, 0.29) is 11.8 Å². The van der Waals surface area contributed by atoms with Crippen molar-refractivity contribution in [3.8, 4) is 0 Å². The zero-order valence-corrected chi connectivity index (χ0v) is 17.6. The standard InChI is InChI=1S/C25H27N3O2/c1-18-6-5-7-19(2)24(18)26-23(29)17-27-12-14-28(15-13-27)25(30)22-11-10-20-8-3-4-9-21(20)16-22/h3-11,16H,12-15,17H2,1-2H3,(H,26,29)/p+1. The quantitative estimate of drug-likeness (QED) is 0.704. The van der Waals surface area contributed by atoms with E-state index in [0.717, 1.165) is 46.2 Å². The van der Waals surface area contributed by atoms with Crippen LogP contribution in [0.3, 0.4) is 0 Å². The van der Waals surface area contributed by atoms with Crippen molar-refractivity contribution in [2.45, 2.75) is 13.8 Å². The van der Waals surface area contributed by atoms with Gasteiger partial charge in [-0.25, -0.2) is 0 Å². The Kier molecular flexibility index (Phi) is 5.81. The number of para-hydroxylation sites is 1. The van der Waals surface area contributed by atoms with Crippen LogP contribution < -0.4 is 10.2 Å². The molecule has 0 spiro atoms. The van der Waals surface area contributed by atoms with E-state index in [1.54, 1.807) is 0 Å². The lowest BCUT2D eigenvalue weighted by Crippen LogP contribution is -3.15. The minimum Gasteiger partial charge on any atom is -0.327 e. The van der Waals surface area contributed by atoms with Crippen LogP contribution in [-0.4, -0.2) is 49.4 Å². The number of benzene rings is 3. The van der Waals surface area contributed by atoms with Gasteiger partial charge in [0.1, 0.15) is 0 Å². The van der Waals surface area contributed by atoms with E-state index in [0.29, 0.717) is 19.6 Å². The van der Waals surface area contributed by atoms with Gasteiger partial charge in [0, 0.05) is 11.3 Å². The summed E-state index contributed by atoms with van der Waals surface area (Å²) in [6, 6.07) is 20.0. The second-order valence-corrected chi connectivity index (χ2v) is 8.10. The predicted molar refractivity (Wildman–Crippen MR) is 120 cm³/mol. The van der Waals surface area contributed by atoms with Gasteiger partial charge in [-0.2, -0.15) is 0 Å². The first-order valence-electron chi connectivity index (χ1n) is 10.5. The van der Waals surface area contributed by atoms with Gasteiger partial charge >= 0.3 is 0 Å². The molecule has 1 fully saturated rings. The van der Waals surface area contributed by atoms with Crippen LogP contribution in [0.25, 0.3) is 10.8 Å². The summed E-state index contributed by atoms with van der Waals surface area (Å²) in [5.41, 5.74) is 3.78. The molecule has 1 aliphatic heterocycles. The molecule has 2 N–H and O–H groups in total. The molecule has 30 heavy (non-hydrogen) atoms. The largest absolute Gasteiger partial charge is 0.327 e. The average molecular weight is 403 g/mol. The zero-order valence-electron chi connectivity index (χ0n) is 17.6. The molecule has 3 aromatic carbocycles. The van der Waals surface area contributed by atoms with Crippen molar-refractivity contribution in [3.63, 3.8) is 0 Å². The SMILES string of the molecule is Cc1cccc(C)c1NC(=O)C[NH+]1CCN(C(=O)c2ccc3ccccc3c2)CC1. The van der Waals surface area contributed by atoms with Crippen molar-refractivity contribution >= 4 is 28.3 Å². The summed E-state index contributed by atoms with van der Waals surface area (Å²) < 4.78 is 0. The first-order valence-corrected chi connectivity index (χ1v) is 10.5. The fraction of sp³-hybridized carbons (Fsp3) is 0.280. The third-order valence-electron chi connectivity index (χ3n) is 5.91. The molecule has 0 aliphatic carbocycles. The number of carbonyl (C=O) groups excluding carboxylic acids is 2. The van der Waals surface area contributed by atoms with Gasteiger partial charge in [-0.05, 0) is 47.9 Å². The molecule has 1 saturated heterocycles. The van der Waals surface area contributed by atoms with Gasteiger partial charge in [-0.1, -0.05) is 48.5 Å². The van der Waals surface area contributed by atoms with Crippen LogP contribution in [0, 0.1) is 13.8 Å². The van der Waals surface area contributed by atoms with Crippen molar-refractivity contribution < 1.29 is 14.5 Å². The van der Waals surface area contributed by atoms with Crippen LogP contribution in [0.5, 0.6) is 0 Å². The second-order valence-electron chi connectivity index (χ2n) is 8.10. The molecule has 5 nitrogen and oxygen atoms in total. The number of hydrogen-bond donors (Lipinski definition) is 2. The van der Waals surface area contributed by atoms with Crippen molar-refractivity contribution in [3.05, 3.63) is 77.4 Å². The number of amides is 2. The summed E-state index contributed by atoms with van der Waals surface area (Å²) in [6.07, 6.45) is 0. The van der Waals surface area contributed by atoms with Crippen molar-refractivity contribution in [2.24, 2.45) is 0 Å². The molecule has 0 atom stereocenters. The maximum absolute atomic E-state index is 12.9. The van der Waals surface area contributed by atoms with E-state index in [4.69, 9.17) is 0 Å². The number of nitrogens with one attached hydrogen (secondary N) is 2. The van der Waals surface area contributed by atoms with E-state index in [2.05, 4.69) is 11.4 Å². The maximum atomic E-state index is 12.9. The molecular formula is C25H28N3O2+. The molecule has 0 saturated carbocycles. The van der Waals surface area contributed by atoms with E-state index >= 15 is 0 Å². The molecule has 2 amide bonds. The highest BCUT2D eigenvalue weighted by molar-refractivity contribution is 5.98. The molecule has 5 heteroatoms. The molecule has 0 unspecified atom stereocenters. The van der Waals surface area contributed by atoms with Crippen LogP contribution in [0.4, 0.5) is 5.69 Å². The average Bonchev–Trinajstić information content (AvgIpc) is 2.76. The summed E-state index contributed by atoms with van der Waals surface area (Å²) in [5, 5.41) is 5.28. The lowest BCUT2D eigenvalue weighted by molar-refractivity contribution is -0.895. The highest BCUT2D eigenvalue weighted by Gasteiger charge is 2.26. The number of rotatable bonds is 4. The van der Waals surface area contributed by atoms with Gasteiger partial charge in [-0.3, -0.25) is 9.59 Å². The van der Waals surface area contributed by atoms with Gasteiger partial charge in [0.25, 0.3) is 11.8 Å². The van der Waals surface area contributed by atoms with E-state index in [1.165, 1.54) is 4.90 Å². The number of nitrogens with zero attached hydrogens (tertiary/aromatic N) is 1. The third kappa shape index (κ3) is 4.36. The van der Waals surface area contributed by atoms with E-state index in [1.807, 2.05) is 73.3 Å². The number of anilines is 1. The molecule has 1 heterocycles. The number of hydrogen-bond acceptors (Lipinski definition) is 2. The highest BCUT2D eigenvalue weighted by atomic mass is 16.2. The summed E-state index contributed by atoms with van der Waals surface area (Å²) in [6.45, 7) is 7.32. The Morgan fingerprint density at radius 1 is 0.900 bits per heavy atom. The topological polar surface area (TPSA) is 53.9 Å². The van der Waals surface area contributed by atoms with Crippen LogP contribution >= 0.6 is 0 Å². The summed E-state index contributed by atoms with van der Waals surface area (Å²) in [4.78, 5) is 28.6. The minimum atomic E-state index is 0.0247. The van der Waals surface area contributed by atoms with Crippen molar-refractivity contribution in [1.29, 1.82) is 0 Å². The van der Waals surface area contributed by atoms with Crippen molar-refractivity contribution in [2.75, 3.05) is 38.0 Å². The Balaban J connectivity index is 1.33. The fourth-order valence-electron chi connectivity index (χ4n) is 4.13. The maximum Gasteiger partial charge on any atom is 0.279 e. The molecule has 0 bridgehead atoms. The van der Waals surface area contributed by atoms with Gasteiger partial charge in [0.05, 0.1) is 26.2 Å².